The van der Waals surface area contributed by atoms with Gasteiger partial charge in [0, 0.05) is 6.04 Å². The number of hydrogen-bond acceptors (Lipinski definition) is 2. The molecule has 0 aromatic rings. The van der Waals surface area contributed by atoms with Gasteiger partial charge in [-0.1, -0.05) is 27.2 Å². The summed E-state index contributed by atoms with van der Waals surface area (Å²) in [6.07, 6.45) is 9.30. The van der Waals surface area contributed by atoms with E-state index in [-0.39, 0.29) is 5.92 Å². The lowest BCUT2D eigenvalue weighted by Crippen LogP contribution is -2.39. The molecule has 2 rings (SSSR count). The van der Waals surface area contributed by atoms with Crippen LogP contribution in [-0.4, -0.2) is 23.7 Å². The molecule has 2 N–H and O–H groups in total. The van der Waals surface area contributed by atoms with Crippen molar-refractivity contribution < 1.29 is 9.90 Å². The van der Waals surface area contributed by atoms with Crippen molar-refractivity contribution in [1.29, 1.82) is 0 Å². The quantitative estimate of drug-likeness (QED) is 0.822. The summed E-state index contributed by atoms with van der Waals surface area (Å²) in [7, 11) is 0. The molecule has 2 atom stereocenters. The molecule has 0 aromatic heterocycles. The minimum absolute atomic E-state index is 0.118. The third kappa shape index (κ3) is 4.98. The van der Waals surface area contributed by atoms with Gasteiger partial charge in [0.25, 0.3) is 0 Å². The van der Waals surface area contributed by atoms with Gasteiger partial charge < -0.3 is 10.4 Å². The van der Waals surface area contributed by atoms with Gasteiger partial charge in [0.15, 0.2) is 0 Å². The molecule has 2 fully saturated rings. The first-order valence-electron chi connectivity index (χ1n) is 8.82. The molecule has 0 aliphatic heterocycles. The lowest BCUT2D eigenvalue weighted by atomic mass is 9.70. The fourth-order valence-electron chi connectivity index (χ4n) is 4.17. The Labute approximate surface area is 129 Å². The molecule has 0 radical (unpaired) electrons. The summed E-state index contributed by atoms with van der Waals surface area (Å²) in [5.41, 5.74) is 0.455. The third-order valence-electron chi connectivity index (χ3n) is 5.79. The maximum absolute atomic E-state index is 11.1. The highest BCUT2D eigenvalue weighted by Crippen LogP contribution is 2.39. The van der Waals surface area contributed by atoms with E-state index in [1.165, 1.54) is 25.7 Å². The molecule has 2 unspecified atom stereocenters. The van der Waals surface area contributed by atoms with E-state index in [1.54, 1.807) is 0 Å². The highest BCUT2D eigenvalue weighted by atomic mass is 16.4. The van der Waals surface area contributed by atoms with E-state index in [4.69, 9.17) is 5.11 Å². The van der Waals surface area contributed by atoms with E-state index < -0.39 is 5.97 Å². The average molecular weight is 295 g/mol. The largest absolute Gasteiger partial charge is 0.481 e. The van der Waals surface area contributed by atoms with Crippen LogP contribution in [0.25, 0.3) is 0 Å². The molecule has 0 heterocycles. The van der Waals surface area contributed by atoms with Gasteiger partial charge in [-0.15, -0.1) is 0 Å². The number of carbonyl (C=O) groups is 1. The van der Waals surface area contributed by atoms with Crippen LogP contribution >= 0.6 is 0 Å². The molecule has 0 spiro atoms. The topological polar surface area (TPSA) is 49.3 Å². The number of carboxylic acids is 1. The molecule has 3 heteroatoms. The van der Waals surface area contributed by atoms with E-state index in [0.29, 0.717) is 11.5 Å². The summed E-state index contributed by atoms with van der Waals surface area (Å²) in [5.74, 6) is 0.952. The van der Waals surface area contributed by atoms with E-state index >= 15 is 0 Å². The van der Waals surface area contributed by atoms with Crippen molar-refractivity contribution in [3.05, 3.63) is 0 Å². The van der Waals surface area contributed by atoms with Crippen molar-refractivity contribution in [3.8, 4) is 0 Å². The standard InChI is InChI=1S/C18H33NO2/c1-18(2,3)15-9-7-13(8-10-15)12-19-16-6-4-5-14(11-16)17(20)21/h13-16,19H,4-12H2,1-3H3,(H,20,21). The van der Waals surface area contributed by atoms with Gasteiger partial charge in [-0.3, -0.25) is 4.79 Å². The van der Waals surface area contributed by atoms with Gasteiger partial charge in [0.05, 0.1) is 5.92 Å². The maximum atomic E-state index is 11.1. The molecule has 21 heavy (non-hydrogen) atoms. The van der Waals surface area contributed by atoms with Crippen LogP contribution in [0, 0.1) is 23.2 Å². The SMILES string of the molecule is CC(C)(C)C1CCC(CNC2CCCC(C(=O)O)C2)CC1. The van der Waals surface area contributed by atoms with Gasteiger partial charge in [-0.2, -0.15) is 0 Å². The van der Waals surface area contributed by atoms with Crippen molar-refractivity contribution in [2.75, 3.05) is 6.54 Å². The summed E-state index contributed by atoms with van der Waals surface area (Å²) in [4.78, 5) is 11.1. The Kier molecular flexibility index (Phi) is 5.70. The Hall–Kier alpha value is -0.570. The first kappa shape index (κ1) is 16.8. The molecular weight excluding hydrogens is 262 g/mol. The first-order valence-corrected chi connectivity index (χ1v) is 8.82. The van der Waals surface area contributed by atoms with E-state index in [2.05, 4.69) is 26.1 Å². The molecule has 2 aliphatic carbocycles. The Bertz CT molecular complexity index is 340. The van der Waals surface area contributed by atoms with Crippen LogP contribution < -0.4 is 5.32 Å². The number of rotatable bonds is 4. The van der Waals surface area contributed by atoms with E-state index in [9.17, 15) is 4.79 Å². The van der Waals surface area contributed by atoms with E-state index in [0.717, 1.165) is 44.1 Å². The van der Waals surface area contributed by atoms with Crippen LogP contribution in [0.15, 0.2) is 0 Å². The number of hydrogen-bond donors (Lipinski definition) is 2. The first-order chi connectivity index (χ1) is 9.86. The summed E-state index contributed by atoms with van der Waals surface area (Å²) >= 11 is 0. The zero-order valence-electron chi connectivity index (χ0n) is 14.0. The second kappa shape index (κ2) is 7.13. The predicted octanol–water partition coefficient (Wildman–Crippen LogP) is 4.07. The predicted molar refractivity (Wildman–Crippen MR) is 86.3 cm³/mol. The highest BCUT2D eigenvalue weighted by molar-refractivity contribution is 5.70. The van der Waals surface area contributed by atoms with Crippen molar-refractivity contribution in [1.82, 2.24) is 5.32 Å². The normalized spacial score (nSPS) is 34.6. The van der Waals surface area contributed by atoms with Gasteiger partial charge >= 0.3 is 5.97 Å². The van der Waals surface area contributed by atoms with Gasteiger partial charge in [0.1, 0.15) is 0 Å². The summed E-state index contributed by atoms with van der Waals surface area (Å²) < 4.78 is 0. The number of carboxylic acid groups (broad SMARTS) is 1. The maximum Gasteiger partial charge on any atom is 0.306 e. The Balaban J connectivity index is 1.69. The van der Waals surface area contributed by atoms with Crippen LogP contribution in [-0.2, 0) is 4.79 Å². The van der Waals surface area contributed by atoms with Crippen LogP contribution in [0.3, 0.4) is 0 Å². The van der Waals surface area contributed by atoms with E-state index in [1.807, 2.05) is 0 Å². The number of aliphatic carboxylic acids is 1. The molecule has 0 aromatic carbocycles. The molecular formula is C18H33NO2. The second-order valence-electron chi connectivity index (χ2n) is 8.39. The minimum Gasteiger partial charge on any atom is -0.481 e. The molecule has 2 saturated carbocycles. The second-order valence-corrected chi connectivity index (χ2v) is 8.39. The third-order valence-corrected chi connectivity index (χ3v) is 5.79. The van der Waals surface area contributed by atoms with Crippen molar-refractivity contribution in [2.24, 2.45) is 23.2 Å². The Morgan fingerprint density at radius 2 is 1.76 bits per heavy atom. The van der Waals surface area contributed by atoms with Crippen LogP contribution in [0.4, 0.5) is 0 Å². The fourth-order valence-corrected chi connectivity index (χ4v) is 4.17. The smallest absolute Gasteiger partial charge is 0.306 e. The monoisotopic (exact) mass is 295 g/mol. The summed E-state index contributed by atoms with van der Waals surface area (Å²) in [6, 6.07) is 0.431. The van der Waals surface area contributed by atoms with Crippen LogP contribution in [0.5, 0.6) is 0 Å². The van der Waals surface area contributed by atoms with Gasteiger partial charge in [0.2, 0.25) is 0 Å². The Morgan fingerprint density at radius 1 is 1.10 bits per heavy atom. The van der Waals surface area contributed by atoms with Gasteiger partial charge in [-0.05, 0) is 68.7 Å². The van der Waals surface area contributed by atoms with Crippen LogP contribution in [0.1, 0.15) is 72.1 Å². The molecule has 3 nitrogen and oxygen atoms in total. The van der Waals surface area contributed by atoms with Crippen molar-refractivity contribution >= 4 is 5.97 Å². The van der Waals surface area contributed by atoms with Crippen LogP contribution in [0.2, 0.25) is 0 Å². The lowest BCUT2D eigenvalue weighted by molar-refractivity contribution is -0.143. The van der Waals surface area contributed by atoms with Crippen molar-refractivity contribution in [2.45, 2.75) is 78.2 Å². The minimum atomic E-state index is -0.604. The Morgan fingerprint density at radius 3 is 2.33 bits per heavy atom. The molecule has 0 bridgehead atoms. The number of nitrogens with one attached hydrogen (secondary N) is 1. The highest BCUT2D eigenvalue weighted by Gasteiger charge is 2.31. The molecule has 0 amide bonds. The summed E-state index contributed by atoms with van der Waals surface area (Å²) in [6.45, 7) is 8.19. The zero-order chi connectivity index (χ0) is 15.5. The van der Waals surface area contributed by atoms with Gasteiger partial charge in [-0.25, -0.2) is 0 Å². The molecule has 0 saturated heterocycles. The lowest BCUT2D eigenvalue weighted by Gasteiger charge is -2.37. The summed E-state index contributed by atoms with van der Waals surface area (Å²) in [5, 5.41) is 12.8. The zero-order valence-corrected chi connectivity index (χ0v) is 14.0. The molecule has 2 aliphatic rings. The van der Waals surface area contributed by atoms with Crippen molar-refractivity contribution in [3.63, 3.8) is 0 Å². The fraction of sp³-hybridized carbons (Fsp3) is 0.944. The molecule has 122 valence electrons. The average Bonchev–Trinajstić information content (AvgIpc) is 2.45.